The molecule has 3 aromatic heterocycles. The number of carbonyl (C=O) groups excluding carboxylic acids is 1. The molecule has 1 amide bonds. The third-order valence-corrected chi connectivity index (χ3v) is 8.11. The second-order valence-corrected chi connectivity index (χ2v) is 11.0. The SMILES string of the molecule is CSc1cc(C(=O)NCc2cc3nc(-c4cccc(N5C[C@@H](C)C(O)[C@@H](C)C5)n4)ccc3cn2)ccc1C. The van der Waals surface area contributed by atoms with Crippen LogP contribution in [-0.4, -0.2) is 51.4 Å². The fourth-order valence-corrected chi connectivity index (χ4v) is 5.64. The predicted molar refractivity (Wildman–Crippen MR) is 153 cm³/mol. The number of hydrogen-bond acceptors (Lipinski definition) is 7. The van der Waals surface area contributed by atoms with Crippen LogP contribution in [0.3, 0.4) is 0 Å². The molecular formula is C30H33N5O2S. The van der Waals surface area contributed by atoms with Gasteiger partial charge in [0.25, 0.3) is 5.91 Å². The first-order valence-corrected chi connectivity index (χ1v) is 14.1. The maximum atomic E-state index is 12.7. The summed E-state index contributed by atoms with van der Waals surface area (Å²) in [6.07, 6.45) is 3.52. The molecule has 0 bridgehead atoms. The van der Waals surface area contributed by atoms with Crippen LogP contribution in [0.4, 0.5) is 5.82 Å². The number of anilines is 1. The van der Waals surface area contributed by atoms with Gasteiger partial charge in [-0.3, -0.25) is 9.78 Å². The van der Waals surface area contributed by atoms with Crippen molar-refractivity contribution >= 4 is 34.4 Å². The van der Waals surface area contributed by atoms with Crippen molar-refractivity contribution in [3.05, 3.63) is 77.6 Å². The molecule has 3 atom stereocenters. The van der Waals surface area contributed by atoms with Crippen molar-refractivity contribution in [2.75, 3.05) is 24.2 Å². The molecule has 1 saturated heterocycles. The van der Waals surface area contributed by atoms with Crippen LogP contribution < -0.4 is 10.2 Å². The molecule has 8 heteroatoms. The number of hydrogen-bond donors (Lipinski definition) is 2. The van der Waals surface area contributed by atoms with Gasteiger partial charge >= 0.3 is 0 Å². The third-order valence-electron chi connectivity index (χ3n) is 7.23. The highest BCUT2D eigenvalue weighted by molar-refractivity contribution is 7.98. The molecule has 1 aromatic carbocycles. The number of fused-ring (bicyclic) bond motifs is 1. The van der Waals surface area contributed by atoms with Gasteiger partial charge in [0.05, 0.1) is 35.2 Å². The lowest BCUT2D eigenvalue weighted by Crippen LogP contribution is -2.47. The van der Waals surface area contributed by atoms with Gasteiger partial charge in [-0.05, 0) is 73.0 Å². The zero-order chi connectivity index (χ0) is 26.8. The number of amides is 1. The number of pyridine rings is 3. The zero-order valence-corrected chi connectivity index (χ0v) is 23.0. The van der Waals surface area contributed by atoms with Crippen molar-refractivity contribution in [1.82, 2.24) is 20.3 Å². The van der Waals surface area contributed by atoms with Gasteiger partial charge in [-0.1, -0.05) is 26.0 Å². The molecule has 1 aliphatic rings. The summed E-state index contributed by atoms with van der Waals surface area (Å²) < 4.78 is 0. The Morgan fingerprint density at radius 3 is 2.58 bits per heavy atom. The largest absolute Gasteiger partial charge is 0.392 e. The number of carbonyl (C=O) groups is 1. The van der Waals surface area contributed by atoms with Crippen LogP contribution in [0.2, 0.25) is 0 Å². The van der Waals surface area contributed by atoms with E-state index in [0.29, 0.717) is 12.1 Å². The Kier molecular flexibility index (Phi) is 7.63. The van der Waals surface area contributed by atoms with Crippen LogP contribution in [0.5, 0.6) is 0 Å². The summed E-state index contributed by atoms with van der Waals surface area (Å²) in [5.41, 5.74) is 4.92. The monoisotopic (exact) mass is 527 g/mol. The number of thioether (sulfide) groups is 1. The van der Waals surface area contributed by atoms with E-state index in [4.69, 9.17) is 9.97 Å². The second kappa shape index (κ2) is 11.1. The van der Waals surface area contributed by atoms with Crippen LogP contribution >= 0.6 is 11.8 Å². The van der Waals surface area contributed by atoms with E-state index in [1.165, 1.54) is 0 Å². The maximum Gasteiger partial charge on any atom is 0.251 e. The summed E-state index contributed by atoms with van der Waals surface area (Å²) in [7, 11) is 0. The first-order chi connectivity index (χ1) is 18.3. The van der Waals surface area contributed by atoms with Gasteiger partial charge in [0, 0.05) is 35.1 Å². The number of rotatable bonds is 6. The smallest absolute Gasteiger partial charge is 0.251 e. The molecule has 1 unspecified atom stereocenters. The molecule has 0 aliphatic carbocycles. The highest BCUT2D eigenvalue weighted by Crippen LogP contribution is 2.28. The maximum absolute atomic E-state index is 12.7. The minimum atomic E-state index is -0.283. The van der Waals surface area contributed by atoms with Gasteiger partial charge in [-0.2, -0.15) is 0 Å². The Hall–Kier alpha value is -3.49. The number of nitrogens with one attached hydrogen (secondary N) is 1. The molecular weight excluding hydrogens is 494 g/mol. The van der Waals surface area contributed by atoms with Gasteiger partial charge in [0.1, 0.15) is 5.82 Å². The van der Waals surface area contributed by atoms with Crippen LogP contribution in [0.1, 0.15) is 35.5 Å². The fraction of sp³-hybridized carbons (Fsp3) is 0.333. The Morgan fingerprint density at radius 2 is 1.82 bits per heavy atom. The number of piperidine rings is 1. The van der Waals surface area contributed by atoms with Gasteiger partial charge in [0.15, 0.2) is 0 Å². The second-order valence-electron chi connectivity index (χ2n) is 10.2. The van der Waals surface area contributed by atoms with Crippen LogP contribution in [-0.2, 0) is 6.54 Å². The van der Waals surface area contributed by atoms with Gasteiger partial charge in [-0.15, -0.1) is 11.8 Å². The van der Waals surface area contributed by atoms with Crippen LogP contribution in [0.15, 0.2) is 65.7 Å². The lowest BCUT2D eigenvalue weighted by molar-refractivity contribution is 0.0527. The van der Waals surface area contributed by atoms with E-state index in [-0.39, 0.29) is 23.8 Å². The number of aliphatic hydroxyl groups excluding tert-OH is 1. The minimum absolute atomic E-state index is 0.126. The number of nitrogens with zero attached hydrogens (tertiary/aromatic N) is 4. The Labute approximate surface area is 227 Å². The molecule has 1 aliphatic heterocycles. The van der Waals surface area contributed by atoms with E-state index in [2.05, 4.69) is 29.0 Å². The minimum Gasteiger partial charge on any atom is -0.392 e. The molecule has 0 radical (unpaired) electrons. The Balaban J connectivity index is 1.33. The van der Waals surface area contributed by atoms with E-state index in [1.807, 2.05) is 67.8 Å². The van der Waals surface area contributed by atoms with E-state index in [9.17, 15) is 9.90 Å². The fourth-order valence-electron chi connectivity index (χ4n) is 5.01. The van der Waals surface area contributed by atoms with E-state index in [1.54, 1.807) is 18.0 Å². The molecule has 7 nitrogen and oxygen atoms in total. The molecule has 1 fully saturated rings. The van der Waals surface area contributed by atoms with E-state index >= 15 is 0 Å². The highest BCUT2D eigenvalue weighted by atomic mass is 32.2. The van der Waals surface area contributed by atoms with Crippen molar-refractivity contribution < 1.29 is 9.90 Å². The van der Waals surface area contributed by atoms with Gasteiger partial charge < -0.3 is 15.3 Å². The first kappa shape index (κ1) is 26.1. The molecule has 196 valence electrons. The van der Waals surface area contributed by atoms with Crippen molar-refractivity contribution in [1.29, 1.82) is 0 Å². The van der Waals surface area contributed by atoms with Crippen molar-refractivity contribution in [2.24, 2.45) is 11.8 Å². The molecule has 2 N–H and O–H groups in total. The summed E-state index contributed by atoms with van der Waals surface area (Å²) in [6, 6.07) is 17.6. The normalized spacial score (nSPS) is 19.5. The topological polar surface area (TPSA) is 91.2 Å². The summed E-state index contributed by atoms with van der Waals surface area (Å²) >= 11 is 1.63. The van der Waals surface area contributed by atoms with Crippen LogP contribution in [0, 0.1) is 18.8 Å². The zero-order valence-electron chi connectivity index (χ0n) is 22.2. The van der Waals surface area contributed by atoms with Gasteiger partial charge in [-0.25, -0.2) is 9.97 Å². The number of benzene rings is 1. The number of aromatic nitrogens is 3. The molecule has 5 rings (SSSR count). The Bertz CT molecular complexity index is 1460. The average Bonchev–Trinajstić information content (AvgIpc) is 2.94. The highest BCUT2D eigenvalue weighted by Gasteiger charge is 2.31. The molecule has 0 saturated carbocycles. The lowest BCUT2D eigenvalue weighted by atomic mass is 9.88. The molecule has 4 aromatic rings. The number of aryl methyl sites for hydroxylation is 1. The number of aliphatic hydroxyl groups is 1. The Morgan fingerprint density at radius 1 is 1.05 bits per heavy atom. The summed E-state index contributed by atoms with van der Waals surface area (Å²) in [5, 5.41) is 14.2. The van der Waals surface area contributed by atoms with E-state index < -0.39 is 0 Å². The van der Waals surface area contributed by atoms with Crippen molar-refractivity contribution in [3.63, 3.8) is 0 Å². The summed E-state index contributed by atoms with van der Waals surface area (Å²) in [6.45, 7) is 8.06. The van der Waals surface area contributed by atoms with Crippen molar-refractivity contribution in [2.45, 2.75) is 38.3 Å². The van der Waals surface area contributed by atoms with Crippen molar-refractivity contribution in [3.8, 4) is 11.4 Å². The summed E-state index contributed by atoms with van der Waals surface area (Å²) in [4.78, 5) is 30.4. The average molecular weight is 528 g/mol. The van der Waals surface area contributed by atoms with E-state index in [0.717, 1.165) is 57.4 Å². The standard InChI is InChI=1S/C30H33N5O2S/c1-18-8-9-21(12-27(18)38-4)30(37)32-15-23-13-26-22(14-31-23)10-11-25(33-26)24-6-5-7-28(34-24)35-16-19(2)29(36)20(3)17-35/h5-14,19-20,29,36H,15-17H2,1-4H3,(H,32,37)/t19-,20+,29?. The molecule has 0 spiro atoms. The predicted octanol–water partition coefficient (Wildman–Crippen LogP) is 5.11. The third kappa shape index (κ3) is 5.51. The van der Waals surface area contributed by atoms with Crippen LogP contribution in [0.25, 0.3) is 22.3 Å². The first-order valence-electron chi connectivity index (χ1n) is 12.9. The summed E-state index contributed by atoms with van der Waals surface area (Å²) in [5.74, 6) is 1.15. The quantitative estimate of drug-likeness (QED) is 0.337. The van der Waals surface area contributed by atoms with Gasteiger partial charge in [0.2, 0.25) is 0 Å². The molecule has 4 heterocycles. The molecule has 38 heavy (non-hydrogen) atoms. The lowest BCUT2D eigenvalue weighted by Gasteiger charge is -2.39.